The number of nitrogens with one attached hydrogen (secondary N) is 1. The number of fused-ring (bicyclic) bond motifs is 1. The van der Waals surface area contributed by atoms with Crippen molar-refractivity contribution in [1.82, 2.24) is 15.2 Å². The van der Waals surface area contributed by atoms with Crippen molar-refractivity contribution < 1.29 is 0 Å². The average molecular weight is 366 g/mol. The van der Waals surface area contributed by atoms with Crippen LogP contribution in [-0.4, -0.2) is 28.3 Å². The first-order valence-electron chi connectivity index (χ1n) is 8.83. The molecule has 1 aliphatic heterocycles. The lowest BCUT2D eigenvalue weighted by atomic mass is 10.0. The summed E-state index contributed by atoms with van der Waals surface area (Å²) >= 11 is 5.92. The van der Waals surface area contributed by atoms with Gasteiger partial charge in [0.25, 0.3) is 0 Å². The second-order valence-corrected chi connectivity index (χ2v) is 6.76. The number of rotatable bonds is 5. The number of benzene rings is 2. The zero-order valence-corrected chi connectivity index (χ0v) is 15.2. The Bertz CT molecular complexity index is 881. The molecule has 0 fully saturated rings. The number of hydrogen-bond donors (Lipinski definition) is 1. The fourth-order valence-corrected chi connectivity index (χ4v) is 3.37. The molecule has 0 bridgehead atoms. The summed E-state index contributed by atoms with van der Waals surface area (Å²) < 4.78 is 0. The highest BCUT2D eigenvalue weighted by Gasteiger charge is 2.19. The van der Waals surface area contributed by atoms with E-state index in [0.29, 0.717) is 5.95 Å². The normalized spacial score (nSPS) is 13.3. The number of anilines is 3. The third kappa shape index (κ3) is 3.78. The molecule has 0 saturated carbocycles. The zero-order valence-electron chi connectivity index (χ0n) is 14.4. The fraction of sp³-hybridized carbons (Fsp3) is 0.250. The first-order chi connectivity index (χ1) is 12.8. The maximum atomic E-state index is 5.92. The molecule has 3 aromatic rings. The van der Waals surface area contributed by atoms with E-state index in [1.807, 2.05) is 24.3 Å². The predicted molar refractivity (Wildman–Crippen MR) is 105 cm³/mol. The number of aryl methyl sites for hydroxylation is 1. The lowest BCUT2D eigenvalue weighted by Crippen LogP contribution is -2.26. The molecule has 2 aromatic carbocycles. The number of halogens is 1. The minimum absolute atomic E-state index is 0.555. The van der Waals surface area contributed by atoms with Gasteiger partial charge in [0.05, 0.1) is 6.20 Å². The molecule has 0 unspecified atom stereocenters. The Balaban J connectivity index is 1.45. The Morgan fingerprint density at radius 2 is 1.92 bits per heavy atom. The van der Waals surface area contributed by atoms with E-state index in [-0.39, 0.29) is 0 Å². The van der Waals surface area contributed by atoms with E-state index >= 15 is 0 Å². The lowest BCUT2D eigenvalue weighted by Gasteiger charge is -2.30. The van der Waals surface area contributed by atoms with Gasteiger partial charge in [-0.05, 0) is 48.6 Å². The molecule has 0 atom stereocenters. The van der Waals surface area contributed by atoms with Crippen LogP contribution in [0.4, 0.5) is 17.5 Å². The third-order valence-corrected chi connectivity index (χ3v) is 4.79. The maximum Gasteiger partial charge on any atom is 0.244 e. The zero-order chi connectivity index (χ0) is 17.8. The summed E-state index contributed by atoms with van der Waals surface area (Å²) in [5, 5.41) is 12.3. The van der Waals surface area contributed by atoms with Crippen LogP contribution in [0.2, 0.25) is 5.02 Å². The van der Waals surface area contributed by atoms with Crippen LogP contribution in [0.25, 0.3) is 0 Å². The van der Waals surface area contributed by atoms with Crippen molar-refractivity contribution in [2.24, 2.45) is 0 Å². The Morgan fingerprint density at radius 1 is 1.08 bits per heavy atom. The van der Waals surface area contributed by atoms with E-state index in [2.05, 4.69) is 49.7 Å². The Labute approximate surface area is 158 Å². The average Bonchev–Trinajstić information content (AvgIpc) is 2.69. The van der Waals surface area contributed by atoms with Gasteiger partial charge < -0.3 is 10.2 Å². The highest BCUT2D eigenvalue weighted by molar-refractivity contribution is 6.30. The Hall–Kier alpha value is -2.66. The van der Waals surface area contributed by atoms with Crippen LogP contribution in [0.3, 0.4) is 0 Å². The first-order valence-corrected chi connectivity index (χ1v) is 9.21. The molecule has 0 spiro atoms. The van der Waals surface area contributed by atoms with Gasteiger partial charge >= 0.3 is 0 Å². The summed E-state index contributed by atoms with van der Waals surface area (Å²) in [5.74, 6) is 1.39. The van der Waals surface area contributed by atoms with Crippen LogP contribution >= 0.6 is 11.6 Å². The van der Waals surface area contributed by atoms with E-state index in [1.54, 1.807) is 6.20 Å². The van der Waals surface area contributed by atoms with Crippen molar-refractivity contribution in [3.8, 4) is 0 Å². The Morgan fingerprint density at radius 3 is 2.81 bits per heavy atom. The molecule has 26 heavy (non-hydrogen) atoms. The van der Waals surface area contributed by atoms with Crippen LogP contribution in [0, 0.1) is 0 Å². The monoisotopic (exact) mass is 365 g/mol. The molecule has 4 rings (SSSR count). The van der Waals surface area contributed by atoms with Crippen molar-refractivity contribution in [2.45, 2.75) is 19.3 Å². The predicted octanol–water partition coefficient (Wildman–Crippen LogP) is 4.26. The van der Waals surface area contributed by atoms with Crippen molar-refractivity contribution in [1.29, 1.82) is 0 Å². The van der Waals surface area contributed by atoms with Crippen LogP contribution in [-0.2, 0) is 12.8 Å². The summed E-state index contributed by atoms with van der Waals surface area (Å²) in [7, 11) is 0. The van der Waals surface area contributed by atoms with Crippen LogP contribution in [0.5, 0.6) is 0 Å². The molecule has 0 aliphatic carbocycles. The van der Waals surface area contributed by atoms with E-state index in [1.165, 1.54) is 16.8 Å². The summed E-state index contributed by atoms with van der Waals surface area (Å²) in [5.41, 5.74) is 3.79. The fourth-order valence-electron chi connectivity index (χ4n) is 3.24. The molecule has 0 radical (unpaired) electrons. The summed E-state index contributed by atoms with van der Waals surface area (Å²) in [6.07, 6.45) is 4.82. The second-order valence-electron chi connectivity index (χ2n) is 6.33. The van der Waals surface area contributed by atoms with Gasteiger partial charge in [0.1, 0.15) is 0 Å². The summed E-state index contributed by atoms with van der Waals surface area (Å²) in [6, 6.07) is 16.4. The van der Waals surface area contributed by atoms with Gasteiger partial charge in [-0.2, -0.15) is 10.1 Å². The molecule has 0 amide bonds. The van der Waals surface area contributed by atoms with Gasteiger partial charge in [-0.3, -0.25) is 0 Å². The molecule has 1 aromatic heterocycles. The topological polar surface area (TPSA) is 53.9 Å². The lowest BCUT2D eigenvalue weighted by molar-refractivity contribution is 0.754. The van der Waals surface area contributed by atoms with E-state index in [4.69, 9.17) is 11.6 Å². The van der Waals surface area contributed by atoms with Crippen molar-refractivity contribution >= 4 is 29.1 Å². The van der Waals surface area contributed by atoms with E-state index in [9.17, 15) is 0 Å². The highest BCUT2D eigenvalue weighted by atomic mass is 35.5. The standard InChI is InChI=1S/C20H20ClN5/c21-17-9-7-15(8-10-17)11-12-22-20-24-19(14-23-25-20)26-13-3-5-16-4-1-2-6-18(16)26/h1-2,4,6-10,14H,3,5,11-13H2,(H,22,24,25). The van der Waals surface area contributed by atoms with Crippen molar-refractivity contribution in [2.75, 3.05) is 23.3 Å². The van der Waals surface area contributed by atoms with E-state index < -0.39 is 0 Å². The minimum Gasteiger partial charge on any atom is -0.353 e. The van der Waals surface area contributed by atoms with Gasteiger partial charge in [-0.1, -0.05) is 41.9 Å². The maximum absolute atomic E-state index is 5.92. The first kappa shape index (κ1) is 16.8. The number of hydrogen-bond acceptors (Lipinski definition) is 5. The molecule has 5 nitrogen and oxygen atoms in total. The molecule has 1 aliphatic rings. The summed E-state index contributed by atoms with van der Waals surface area (Å²) in [6.45, 7) is 1.68. The molecule has 0 saturated heterocycles. The third-order valence-electron chi connectivity index (χ3n) is 4.54. The van der Waals surface area contributed by atoms with Gasteiger partial charge in [-0.15, -0.1) is 5.10 Å². The molecule has 6 heteroatoms. The number of nitrogens with zero attached hydrogens (tertiary/aromatic N) is 4. The van der Waals surface area contributed by atoms with Gasteiger partial charge in [0.2, 0.25) is 5.95 Å². The molecular weight excluding hydrogens is 346 g/mol. The molecular formula is C20H20ClN5. The van der Waals surface area contributed by atoms with Crippen LogP contribution < -0.4 is 10.2 Å². The molecule has 2 heterocycles. The SMILES string of the molecule is Clc1ccc(CCNc2nncc(N3CCCc4ccccc43)n2)cc1. The van der Waals surface area contributed by atoms with Gasteiger partial charge in [-0.25, -0.2) is 0 Å². The number of aromatic nitrogens is 3. The number of para-hydroxylation sites is 1. The smallest absolute Gasteiger partial charge is 0.244 e. The molecule has 1 N–H and O–H groups in total. The quantitative estimate of drug-likeness (QED) is 0.732. The van der Waals surface area contributed by atoms with Gasteiger partial charge in [0.15, 0.2) is 5.82 Å². The molecule has 132 valence electrons. The minimum atomic E-state index is 0.555. The van der Waals surface area contributed by atoms with Crippen molar-refractivity contribution in [3.63, 3.8) is 0 Å². The Kier molecular flexibility index (Phi) is 4.97. The van der Waals surface area contributed by atoms with E-state index in [0.717, 1.165) is 43.2 Å². The highest BCUT2D eigenvalue weighted by Crippen LogP contribution is 2.31. The van der Waals surface area contributed by atoms with Crippen molar-refractivity contribution in [3.05, 3.63) is 70.9 Å². The van der Waals surface area contributed by atoms with Gasteiger partial charge in [0, 0.05) is 23.8 Å². The van der Waals surface area contributed by atoms with Crippen LogP contribution in [0.15, 0.2) is 54.7 Å². The summed E-state index contributed by atoms with van der Waals surface area (Å²) in [4.78, 5) is 6.88. The largest absolute Gasteiger partial charge is 0.353 e. The van der Waals surface area contributed by atoms with Crippen LogP contribution in [0.1, 0.15) is 17.5 Å². The second kappa shape index (κ2) is 7.70.